The number of phenols is 2. The van der Waals surface area contributed by atoms with Gasteiger partial charge in [-0.3, -0.25) is 14.6 Å². The molecule has 1 aromatic carbocycles. The van der Waals surface area contributed by atoms with E-state index in [0.717, 1.165) is 51.4 Å². The van der Waals surface area contributed by atoms with E-state index < -0.39 is 0 Å². The van der Waals surface area contributed by atoms with Crippen molar-refractivity contribution in [3.05, 3.63) is 23.8 Å². The van der Waals surface area contributed by atoms with Crippen LogP contribution in [0.3, 0.4) is 0 Å². The van der Waals surface area contributed by atoms with Crippen LogP contribution in [-0.2, 0) is 16.1 Å². The standard InChI is InChI=1S/C20H29N3O4/c1-14(2)19(26)22-9-16-10-27-6-5-23(16)20(13-22)11-21(12-20)8-15-3-4-17(24)18(25)7-15/h3-4,7,14,16,24-25H,5-6,8-13H2,1-2H3. The predicted octanol–water partition coefficient (Wildman–Crippen LogP) is 0.851. The minimum absolute atomic E-state index is 0.00376. The highest BCUT2D eigenvalue weighted by Crippen LogP contribution is 2.37. The maximum atomic E-state index is 12.6. The van der Waals surface area contributed by atoms with Crippen molar-refractivity contribution in [1.29, 1.82) is 0 Å². The molecule has 1 aromatic rings. The second-order valence-electron chi connectivity index (χ2n) is 8.49. The number of phenolic OH excluding ortho intramolecular Hbond substituents is 2. The molecule has 1 unspecified atom stereocenters. The molecule has 27 heavy (non-hydrogen) atoms. The predicted molar refractivity (Wildman–Crippen MR) is 101 cm³/mol. The highest BCUT2D eigenvalue weighted by atomic mass is 16.5. The zero-order valence-corrected chi connectivity index (χ0v) is 16.1. The Hall–Kier alpha value is -1.83. The lowest BCUT2D eigenvalue weighted by Gasteiger charge is -2.63. The van der Waals surface area contributed by atoms with Gasteiger partial charge in [0.1, 0.15) is 0 Å². The number of rotatable bonds is 3. The summed E-state index contributed by atoms with van der Waals surface area (Å²) in [5.74, 6) is 0.0585. The van der Waals surface area contributed by atoms with E-state index in [-0.39, 0.29) is 34.9 Å². The molecule has 3 saturated heterocycles. The normalized spacial score (nSPS) is 25.4. The molecule has 0 radical (unpaired) electrons. The van der Waals surface area contributed by atoms with E-state index in [4.69, 9.17) is 4.74 Å². The van der Waals surface area contributed by atoms with E-state index in [2.05, 4.69) is 9.80 Å². The quantitative estimate of drug-likeness (QED) is 0.763. The van der Waals surface area contributed by atoms with Crippen molar-refractivity contribution in [3.8, 4) is 11.5 Å². The maximum Gasteiger partial charge on any atom is 0.225 e. The van der Waals surface area contributed by atoms with Crippen molar-refractivity contribution in [1.82, 2.24) is 14.7 Å². The molecule has 148 valence electrons. The van der Waals surface area contributed by atoms with Gasteiger partial charge in [0.2, 0.25) is 5.91 Å². The Morgan fingerprint density at radius 3 is 2.74 bits per heavy atom. The third kappa shape index (κ3) is 3.39. The number of nitrogens with zero attached hydrogens (tertiary/aromatic N) is 3. The fourth-order valence-corrected chi connectivity index (χ4v) is 4.83. The minimum atomic E-state index is -0.0925. The SMILES string of the molecule is CC(C)C(=O)N1CC2COCCN2C2(CN(Cc3ccc(O)c(O)c3)C2)C1. The number of hydrogen-bond donors (Lipinski definition) is 2. The zero-order chi connectivity index (χ0) is 19.2. The van der Waals surface area contributed by atoms with Gasteiger partial charge in [0.25, 0.3) is 0 Å². The van der Waals surface area contributed by atoms with Crippen LogP contribution >= 0.6 is 0 Å². The van der Waals surface area contributed by atoms with Crippen molar-refractivity contribution >= 4 is 5.91 Å². The lowest BCUT2D eigenvalue weighted by molar-refractivity contribution is -0.177. The van der Waals surface area contributed by atoms with Crippen LogP contribution < -0.4 is 0 Å². The topological polar surface area (TPSA) is 76.5 Å². The first-order chi connectivity index (χ1) is 12.9. The first-order valence-electron chi connectivity index (χ1n) is 9.74. The average Bonchev–Trinajstić information content (AvgIpc) is 2.62. The molecule has 7 nitrogen and oxygen atoms in total. The molecule has 2 N–H and O–H groups in total. The van der Waals surface area contributed by atoms with Gasteiger partial charge in [-0.05, 0) is 17.7 Å². The largest absolute Gasteiger partial charge is 0.504 e. The summed E-state index contributed by atoms with van der Waals surface area (Å²) in [6, 6.07) is 5.26. The Kier molecular flexibility index (Phi) is 4.78. The second kappa shape index (κ2) is 6.96. The van der Waals surface area contributed by atoms with E-state index in [0.29, 0.717) is 6.61 Å². The van der Waals surface area contributed by atoms with Crippen LogP contribution in [0.25, 0.3) is 0 Å². The van der Waals surface area contributed by atoms with E-state index in [1.54, 1.807) is 6.07 Å². The highest BCUT2D eigenvalue weighted by Gasteiger charge is 2.54. The number of aromatic hydroxyl groups is 2. The van der Waals surface area contributed by atoms with Crippen LogP contribution in [-0.4, -0.2) is 88.3 Å². The Morgan fingerprint density at radius 1 is 1.26 bits per heavy atom. The molecule has 3 aliphatic rings. The fraction of sp³-hybridized carbons (Fsp3) is 0.650. The van der Waals surface area contributed by atoms with Crippen LogP contribution in [0.15, 0.2) is 18.2 Å². The van der Waals surface area contributed by atoms with Crippen molar-refractivity contribution in [2.45, 2.75) is 32.0 Å². The molecule has 1 atom stereocenters. The van der Waals surface area contributed by atoms with E-state index in [9.17, 15) is 15.0 Å². The van der Waals surface area contributed by atoms with Crippen molar-refractivity contribution < 1.29 is 19.7 Å². The number of hydrogen-bond acceptors (Lipinski definition) is 6. The molecular weight excluding hydrogens is 346 g/mol. The number of ether oxygens (including phenoxy) is 1. The number of fused-ring (bicyclic) bond motifs is 2. The molecule has 1 amide bonds. The summed E-state index contributed by atoms with van der Waals surface area (Å²) in [5.41, 5.74) is 0.973. The lowest BCUT2D eigenvalue weighted by Crippen LogP contribution is -2.80. The molecule has 3 heterocycles. The maximum absolute atomic E-state index is 12.6. The van der Waals surface area contributed by atoms with E-state index >= 15 is 0 Å². The van der Waals surface area contributed by atoms with Crippen molar-refractivity contribution in [2.24, 2.45) is 5.92 Å². The van der Waals surface area contributed by atoms with Gasteiger partial charge in [-0.25, -0.2) is 0 Å². The van der Waals surface area contributed by atoms with Gasteiger partial charge in [-0.1, -0.05) is 19.9 Å². The summed E-state index contributed by atoms with van der Waals surface area (Å²) < 4.78 is 5.69. The van der Waals surface area contributed by atoms with Crippen molar-refractivity contribution in [3.63, 3.8) is 0 Å². The van der Waals surface area contributed by atoms with Gasteiger partial charge in [0.05, 0.1) is 24.8 Å². The molecule has 1 spiro atoms. The second-order valence-corrected chi connectivity index (χ2v) is 8.49. The number of morpholine rings is 1. The number of piperazine rings is 1. The van der Waals surface area contributed by atoms with Gasteiger partial charge >= 0.3 is 0 Å². The Bertz CT molecular complexity index is 717. The zero-order valence-electron chi connectivity index (χ0n) is 16.1. The van der Waals surface area contributed by atoms with E-state index in [1.165, 1.54) is 6.07 Å². The first kappa shape index (κ1) is 18.5. The molecule has 3 fully saturated rings. The summed E-state index contributed by atoms with van der Waals surface area (Å²) in [5, 5.41) is 19.2. The summed E-state index contributed by atoms with van der Waals surface area (Å²) in [6.45, 7) is 10.3. The van der Waals surface area contributed by atoms with Crippen LogP contribution in [0.1, 0.15) is 19.4 Å². The molecule has 4 rings (SSSR count). The van der Waals surface area contributed by atoms with Crippen LogP contribution in [0.2, 0.25) is 0 Å². The summed E-state index contributed by atoms with van der Waals surface area (Å²) >= 11 is 0. The first-order valence-corrected chi connectivity index (χ1v) is 9.74. The fourth-order valence-electron chi connectivity index (χ4n) is 4.83. The average molecular weight is 375 g/mol. The van der Waals surface area contributed by atoms with Gasteiger partial charge in [-0.15, -0.1) is 0 Å². The lowest BCUT2D eigenvalue weighted by atomic mass is 9.82. The summed E-state index contributed by atoms with van der Waals surface area (Å²) in [4.78, 5) is 19.6. The molecule has 0 aromatic heterocycles. The number of carbonyl (C=O) groups is 1. The van der Waals surface area contributed by atoms with Gasteiger partial charge < -0.3 is 19.8 Å². The molecule has 3 aliphatic heterocycles. The Balaban J connectivity index is 1.47. The summed E-state index contributed by atoms with van der Waals surface area (Å²) in [6.07, 6.45) is 0. The van der Waals surface area contributed by atoms with Crippen LogP contribution in [0.4, 0.5) is 0 Å². The smallest absolute Gasteiger partial charge is 0.225 e. The third-order valence-corrected chi connectivity index (χ3v) is 6.04. The van der Waals surface area contributed by atoms with Crippen LogP contribution in [0.5, 0.6) is 11.5 Å². The minimum Gasteiger partial charge on any atom is -0.504 e. The number of amides is 1. The Morgan fingerprint density at radius 2 is 2.04 bits per heavy atom. The van der Waals surface area contributed by atoms with Gasteiger partial charge in [-0.2, -0.15) is 0 Å². The number of benzene rings is 1. The summed E-state index contributed by atoms with van der Waals surface area (Å²) in [7, 11) is 0. The molecule has 0 bridgehead atoms. The number of likely N-dealkylation sites (tertiary alicyclic amines) is 1. The third-order valence-electron chi connectivity index (χ3n) is 6.04. The monoisotopic (exact) mass is 375 g/mol. The Labute approximate surface area is 160 Å². The molecular formula is C20H29N3O4. The molecule has 0 aliphatic carbocycles. The van der Waals surface area contributed by atoms with Gasteiger partial charge in [0.15, 0.2) is 11.5 Å². The molecule has 0 saturated carbocycles. The van der Waals surface area contributed by atoms with Crippen molar-refractivity contribution in [2.75, 3.05) is 45.9 Å². The van der Waals surface area contributed by atoms with E-state index in [1.807, 2.05) is 24.8 Å². The number of carbonyl (C=O) groups excluding carboxylic acids is 1. The molecule has 7 heteroatoms. The van der Waals surface area contributed by atoms with Crippen LogP contribution in [0, 0.1) is 5.92 Å². The van der Waals surface area contributed by atoms with Gasteiger partial charge in [0, 0.05) is 45.2 Å². The highest BCUT2D eigenvalue weighted by molar-refractivity contribution is 5.78.